The number of methoxy groups -OCH3 is 1. The molecule has 0 spiro atoms. The number of carbonyl (C=O) groups is 2. The summed E-state index contributed by atoms with van der Waals surface area (Å²) in [6.07, 6.45) is 5.36. The molecule has 26 heavy (non-hydrogen) atoms. The number of halogens is 1. The van der Waals surface area contributed by atoms with E-state index in [2.05, 4.69) is 0 Å². The monoisotopic (exact) mass is 378 g/mol. The standard InChI is InChI=1S/C20H23ClO5/c1-20(2,19(23)24)26-11-10-16-13(6-8-17(16)22)4-5-14-12-15(21)7-9-18(14)25-3/h4,7,9-10,12H,5-6,8,11H2,1-3H3,(H,23,24)/b13-4-,16-10+. The fourth-order valence-electron chi connectivity index (χ4n) is 2.69. The van der Waals surface area contributed by atoms with Crippen LogP contribution in [-0.4, -0.2) is 36.2 Å². The lowest BCUT2D eigenvalue weighted by molar-refractivity contribution is -0.159. The molecule has 1 saturated carbocycles. The molecule has 6 heteroatoms. The van der Waals surface area contributed by atoms with Crippen LogP contribution in [0.3, 0.4) is 0 Å². The lowest BCUT2D eigenvalue weighted by Gasteiger charge is -2.18. The number of benzene rings is 1. The number of hydrogen-bond acceptors (Lipinski definition) is 4. The molecule has 0 saturated heterocycles. The molecule has 0 aliphatic heterocycles. The van der Waals surface area contributed by atoms with Crippen LogP contribution >= 0.6 is 11.6 Å². The third-order valence-electron chi connectivity index (χ3n) is 4.33. The summed E-state index contributed by atoms with van der Waals surface area (Å²) in [5, 5.41) is 9.70. The minimum absolute atomic E-state index is 0.0473. The van der Waals surface area contributed by atoms with Crippen molar-refractivity contribution in [2.75, 3.05) is 13.7 Å². The summed E-state index contributed by atoms with van der Waals surface area (Å²) in [4.78, 5) is 23.2. The van der Waals surface area contributed by atoms with Crippen molar-refractivity contribution >= 4 is 23.4 Å². The van der Waals surface area contributed by atoms with E-state index in [9.17, 15) is 9.59 Å². The highest BCUT2D eigenvalue weighted by Gasteiger charge is 2.28. The van der Waals surface area contributed by atoms with E-state index in [1.54, 1.807) is 19.3 Å². The Balaban J connectivity index is 2.14. The van der Waals surface area contributed by atoms with Gasteiger partial charge in [-0.1, -0.05) is 17.7 Å². The largest absolute Gasteiger partial charge is 0.496 e. The highest BCUT2D eigenvalue weighted by atomic mass is 35.5. The van der Waals surface area contributed by atoms with E-state index in [1.807, 2.05) is 18.2 Å². The molecule has 0 radical (unpaired) electrons. The van der Waals surface area contributed by atoms with Crippen LogP contribution < -0.4 is 4.74 Å². The number of allylic oxidation sites excluding steroid dienone is 3. The van der Waals surface area contributed by atoms with Crippen molar-refractivity contribution in [3.63, 3.8) is 0 Å². The first kappa shape index (κ1) is 20.2. The Hall–Kier alpha value is -2.11. The highest BCUT2D eigenvalue weighted by molar-refractivity contribution is 6.30. The fourth-order valence-corrected chi connectivity index (χ4v) is 2.88. The summed E-state index contributed by atoms with van der Waals surface area (Å²) in [5.74, 6) is -0.254. The number of aliphatic carboxylic acids is 1. The first-order chi connectivity index (χ1) is 12.2. The van der Waals surface area contributed by atoms with Crippen molar-refractivity contribution in [2.24, 2.45) is 0 Å². The van der Waals surface area contributed by atoms with Gasteiger partial charge < -0.3 is 14.6 Å². The molecule has 0 bridgehead atoms. The summed E-state index contributed by atoms with van der Waals surface area (Å²) in [5.41, 5.74) is 1.19. The summed E-state index contributed by atoms with van der Waals surface area (Å²) < 4.78 is 10.7. The van der Waals surface area contributed by atoms with Crippen molar-refractivity contribution in [3.05, 3.63) is 52.1 Å². The number of carboxylic acid groups (broad SMARTS) is 1. The third-order valence-corrected chi connectivity index (χ3v) is 4.56. The Morgan fingerprint density at radius 2 is 2.04 bits per heavy atom. The van der Waals surface area contributed by atoms with Gasteiger partial charge in [-0.15, -0.1) is 0 Å². The van der Waals surface area contributed by atoms with Gasteiger partial charge in [-0.05, 0) is 62.1 Å². The van der Waals surface area contributed by atoms with Crippen molar-refractivity contribution in [3.8, 4) is 5.75 Å². The molecule has 0 unspecified atom stereocenters. The van der Waals surface area contributed by atoms with Crippen molar-refractivity contribution in [2.45, 2.75) is 38.7 Å². The fraction of sp³-hybridized carbons (Fsp3) is 0.400. The molecule has 1 aromatic carbocycles. The van der Waals surface area contributed by atoms with Crippen LogP contribution in [0.25, 0.3) is 0 Å². The van der Waals surface area contributed by atoms with E-state index in [1.165, 1.54) is 13.8 Å². The van der Waals surface area contributed by atoms with Crippen LogP contribution in [0.5, 0.6) is 5.75 Å². The van der Waals surface area contributed by atoms with Gasteiger partial charge in [0.1, 0.15) is 5.75 Å². The zero-order valence-electron chi connectivity index (χ0n) is 15.2. The van der Waals surface area contributed by atoms with Gasteiger partial charge in [0.2, 0.25) is 0 Å². The number of ketones is 1. The predicted octanol–water partition coefficient (Wildman–Crippen LogP) is 3.99. The number of ether oxygens (including phenoxy) is 2. The van der Waals surface area contributed by atoms with Crippen molar-refractivity contribution < 1.29 is 24.2 Å². The SMILES string of the molecule is COc1ccc(Cl)cc1C/C=C1/CCC(=O)/C1=C/COC(C)(C)C(=O)O. The molecule has 1 fully saturated rings. The first-order valence-electron chi connectivity index (χ1n) is 8.37. The van der Waals surface area contributed by atoms with E-state index in [0.29, 0.717) is 29.9 Å². The minimum atomic E-state index is -1.29. The first-order valence-corrected chi connectivity index (χ1v) is 8.75. The summed E-state index contributed by atoms with van der Waals surface area (Å²) in [6, 6.07) is 5.42. The number of Topliss-reactive ketones (excluding diaryl/α,β-unsaturated/α-hetero) is 1. The maximum atomic E-state index is 12.1. The second kappa shape index (κ2) is 8.52. The normalized spacial score (nSPS) is 17.9. The average Bonchev–Trinajstić information content (AvgIpc) is 2.93. The lowest BCUT2D eigenvalue weighted by atomic mass is 10.0. The van der Waals surface area contributed by atoms with Gasteiger partial charge in [0.15, 0.2) is 11.4 Å². The smallest absolute Gasteiger partial charge is 0.335 e. The molecule has 0 aromatic heterocycles. The molecule has 1 aliphatic rings. The summed E-state index contributed by atoms with van der Waals surface area (Å²) >= 11 is 6.05. The van der Waals surface area contributed by atoms with Crippen LogP contribution in [0.15, 0.2) is 41.5 Å². The Morgan fingerprint density at radius 3 is 2.69 bits per heavy atom. The maximum Gasteiger partial charge on any atom is 0.335 e. The van der Waals surface area contributed by atoms with Gasteiger partial charge >= 0.3 is 5.97 Å². The molecule has 1 aromatic rings. The van der Waals surface area contributed by atoms with Gasteiger partial charge in [0.05, 0.1) is 13.7 Å². The third kappa shape index (κ3) is 4.96. The van der Waals surface area contributed by atoms with Gasteiger partial charge in [-0.25, -0.2) is 4.79 Å². The molecule has 1 N–H and O–H groups in total. The maximum absolute atomic E-state index is 12.1. The molecular formula is C20H23ClO5. The van der Waals surface area contributed by atoms with Crippen LogP contribution in [0.4, 0.5) is 0 Å². The van der Waals surface area contributed by atoms with Gasteiger partial charge in [0.25, 0.3) is 0 Å². The van der Waals surface area contributed by atoms with E-state index >= 15 is 0 Å². The predicted molar refractivity (Wildman–Crippen MR) is 99.8 cm³/mol. The molecule has 5 nitrogen and oxygen atoms in total. The Labute approximate surface area is 158 Å². The van der Waals surface area contributed by atoms with Crippen LogP contribution in [0.1, 0.15) is 32.3 Å². The van der Waals surface area contributed by atoms with Crippen molar-refractivity contribution in [1.29, 1.82) is 0 Å². The quantitative estimate of drug-likeness (QED) is 0.726. The van der Waals surface area contributed by atoms with Gasteiger partial charge in [0, 0.05) is 17.0 Å². The Bertz CT molecular complexity index is 761. The molecule has 140 valence electrons. The van der Waals surface area contributed by atoms with Crippen LogP contribution in [0.2, 0.25) is 5.02 Å². The second-order valence-corrected chi connectivity index (χ2v) is 6.99. The van der Waals surface area contributed by atoms with E-state index < -0.39 is 11.6 Å². The lowest BCUT2D eigenvalue weighted by Crippen LogP contribution is -2.34. The molecule has 2 rings (SSSR count). The molecule has 0 atom stereocenters. The number of hydrogen-bond donors (Lipinski definition) is 1. The number of rotatable bonds is 7. The highest BCUT2D eigenvalue weighted by Crippen LogP contribution is 2.30. The van der Waals surface area contributed by atoms with E-state index in [0.717, 1.165) is 16.9 Å². The summed E-state index contributed by atoms with van der Waals surface area (Å²) in [6.45, 7) is 3.02. The molecule has 1 aliphatic carbocycles. The average molecular weight is 379 g/mol. The van der Waals surface area contributed by atoms with E-state index in [4.69, 9.17) is 26.2 Å². The molecule has 0 heterocycles. The number of carboxylic acids is 1. The zero-order valence-corrected chi connectivity index (χ0v) is 15.9. The van der Waals surface area contributed by atoms with Crippen LogP contribution in [-0.2, 0) is 20.7 Å². The molecular weight excluding hydrogens is 356 g/mol. The van der Waals surface area contributed by atoms with Gasteiger partial charge in [-0.2, -0.15) is 0 Å². The van der Waals surface area contributed by atoms with Crippen molar-refractivity contribution in [1.82, 2.24) is 0 Å². The van der Waals surface area contributed by atoms with E-state index in [-0.39, 0.29) is 12.4 Å². The van der Waals surface area contributed by atoms with Gasteiger partial charge in [-0.3, -0.25) is 4.79 Å². The Morgan fingerprint density at radius 1 is 1.31 bits per heavy atom. The van der Waals surface area contributed by atoms with Crippen LogP contribution in [0, 0.1) is 0 Å². The zero-order chi connectivity index (χ0) is 19.3. The topological polar surface area (TPSA) is 72.8 Å². The molecule has 0 amide bonds. The Kier molecular flexibility index (Phi) is 6.62. The number of carbonyl (C=O) groups excluding carboxylic acids is 1. The minimum Gasteiger partial charge on any atom is -0.496 e. The second-order valence-electron chi connectivity index (χ2n) is 6.56. The summed E-state index contributed by atoms with van der Waals surface area (Å²) in [7, 11) is 1.60.